The average molecular weight is 339 g/mol. The fraction of sp³-hybridized carbons (Fsp3) is 0. The summed E-state index contributed by atoms with van der Waals surface area (Å²) in [6.45, 7) is 0. The predicted octanol–water partition coefficient (Wildman–Crippen LogP) is 1.34. The standard InChI is InChI=1S/2CHNS.2CNS.Pd/c4*2-1-3;/h2*3H;;;/q;;2*-1;/p-2. The fourth-order valence-corrected chi connectivity index (χ4v) is 0. The van der Waals surface area contributed by atoms with Gasteiger partial charge >= 0.3 is 0 Å². The van der Waals surface area contributed by atoms with E-state index in [0.29, 0.717) is 0 Å². The van der Waals surface area contributed by atoms with Crippen molar-refractivity contribution >= 4 is 60.0 Å². The van der Waals surface area contributed by atoms with E-state index in [1.165, 1.54) is 21.1 Å². The summed E-state index contributed by atoms with van der Waals surface area (Å²) in [6, 6.07) is 0. The maximum absolute atomic E-state index is 7.13. The molecule has 0 atom stereocenters. The van der Waals surface area contributed by atoms with Crippen molar-refractivity contribution in [3.63, 3.8) is 0 Å². The third-order valence-corrected chi connectivity index (χ3v) is 0. The summed E-state index contributed by atoms with van der Waals surface area (Å²) in [5.74, 6) is 0. The zero-order valence-electron chi connectivity index (χ0n) is 5.74. The smallest absolute Gasteiger partial charge is 0 e. The Bertz CT molecular complexity index is 181. The number of hydrogen-bond donors (Lipinski definition) is 0. The number of rotatable bonds is 0. The summed E-state index contributed by atoms with van der Waals surface area (Å²) in [7, 11) is 0. The van der Waals surface area contributed by atoms with Crippen LogP contribution in [0, 0.1) is 21.3 Å². The average Bonchev–Trinajstić information content (AvgIpc) is 1.92. The molecule has 0 aromatic carbocycles. The molecule has 0 unspecified atom stereocenters. The summed E-state index contributed by atoms with van der Waals surface area (Å²) in [5.41, 5.74) is 0. The van der Waals surface area contributed by atoms with Gasteiger partial charge in [-0.2, -0.15) is 10.3 Å². The van der Waals surface area contributed by atoms with Crippen LogP contribution in [0.2, 0.25) is 0 Å². The Kier molecular flexibility index (Phi) is 222. The Morgan fingerprint density at radius 2 is 0.923 bits per heavy atom. The molecule has 9 heteroatoms. The molecule has 0 aliphatic carbocycles. The van der Waals surface area contributed by atoms with Gasteiger partial charge in [0.2, 0.25) is 0 Å². The van der Waals surface area contributed by atoms with Gasteiger partial charge in [-0.15, -0.1) is 0 Å². The third kappa shape index (κ3) is 10900. The fourth-order valence-electron chi connectivity index (χ4n) is 0. The van der Waals surface area contributed by atoms with Gasteiger partial charge in [-0.3, -0.25) is 0 Å². The maximum Gasteiger partial charge on any atom is 0 e. The van der Waals surface area contributed by atoms with Gasteiger partial charge < -0.3 is 36.1 Å². The van der Waals surface area contributed by atoms with E-state index in [-0.39, 0.29) is 20.4 Å². The molecule has 0 aromatic rings. The van der Waals surface area contributed by atoms with Crippen LogP contribution in [0.5, 0.6) is 0 Å². The van der Waals surface area contributed by atoms with Gasteiger partial charge in [-0.1, -0.05) is 35.2 Å². The first-order chi connectivity index (χ1) is 5.66. The summed E-state index contributed by atoms with van der Waals surface area (Å²) >= 11 is 14.8. The van der Waals surface area contributed by atoms with Gasteiger partial charge in [0.1, 0.15) is 0 Å². The molecule has 0 bridgehead atoms. The molecule has 13 heavy (non-hydrogen) atoms. The molecular weight excluding hydrogens is 339 g/mol. The second-order valence-corrected chi connectivity index (χ2v) is 1.10. The van der Waals surface area contributed by atoms with Gasteiger partial charge in [0, 0.05) is 20.4 Å². The van der Waals surface area contributed by atoms with E-state index in [2.05, 4.69) is 49.7 Å². The van der Waals surface area contributed by atoms with Crippen LogP contribution < -0.4 is 0 Å². The quantitative estimate of drug-likeness (QED) is 0.217. The number of thiocyanates is 2. The summed E-state index contributed by atoms with van der Waals surface area (Å²) in [5, 5.41) is 33.9. The van der Waals surface area contributed by atoms with E-state index in [0.717, 1.165) is 0 Å². The monoisotopic (exact) mass is 338 g/mol. The van der Waals surface area contributed by atoms with E-state index >= 15 is 0 Å². The number of nitrogens with zero attached hydrogens (tertiary/aromatic N) is 4. The molecule has 0 aromatic heterocycles. The minimum absolute atomic E-state index is 0. The third-order valence-electron chi connectivity index (χ3n) is 0. The molecule has 0 saturated heterocycles. The van der Waals surface area contributed by atoms with Crippen molar-refractivity contribution in [1.82, 2.24) is 0 Å². The molecular formula is C4N4PdS4-4. The topological polar surface area (TPSA) is 92.2 Å². The van der Waals surface area contributed by atoms with Crippen LogP contribution in [0.4, 0.5) is 0 Å². The van der Waals surface area contributed by atoms with Crippen molar-refractivity contribution in [2.24, 2.45) is 0 Å². The minimum Gasteiger partial charge on any atom is -0.753 e. The van der Waals surface area contributed by atoms with Crippen LogP contribution >= 0.6 is 24.4 Å². The number of nitriles is 2. The molecule has 0 saturated carbocycles. The van der Waals surface area contributed by atoms with E-state index in [1.54, 1.807) is 0 Å². The van der Waals surface area contributed by atoms with Crippen LogP contribution in [0.3, 0.4) is 0 Å². The van der Waals surface area contributed by atoms with Gasteiger partial charge in [0.05, 0.1) is 0 Å². The Labute approximate surface area is 112 Å². The van der Waals surface area contributed by atoms with Crippen LogP contribution in [0.25, 0.3) is 10.8 Å². The Hall–Kier alpha value is -0.318. The first kappa shape index (κ1) is 29.3. The molecule has 0 aliphatic rings. The zero-order chi connectivity index (χ0) is 10.8. The SMILES string of the molecule is N#C[S-].N#C[S-].[N-]=C=S.[N-]=C=S.[Pd]. The van der Waals surface area contributed by atoms with Crippen molar-refractivity contribution in [2.75, 3.05) is 0 Å². The van der Waals surface area contributed by atoms with Gasteiger partial charge in [0.15, 0.2) is 0 Å². The minimum atomic E-state index is 0. The van der Waals surface area contributed by atoms with Crippen molar-refractivity contribution in [3.8, 4) is 10.8 Å². The normalized spacial score (nSPS) is 2.31. The molecule has 0 fully saturated rings. The number of isothiocyanates is 2. The van der Waals surface area contributed by atoms with Crippen LogP contribution in [-0.2, 0) is 45.7 Å². The molecule has 0 rings (SSSR count). The van der Waals surface area contributed by atoms with Crippen molar-refractivity contribution in [2.45, 2.75) is 0 Å². The summed E-state index contributed by atoms with van der Waals surface area (Å²) < 4.78 is 0. The molecule has 4 nitrogen and oxygen atoms in total. The number of hydrogen-bond acceptors (Lipinski definition) is 6. The molecule has 0 spiro atoms. The molecule has 0 aliphatic heterocycles. The van der Waals surface area contributed by atoms with Crippen LogP contribution in [0.15, 0.2) is 0 Å². The van der Waals surface area contributed by atoms with Crippen LogP contribution in [0.1, 0.15) is 0 Å². The van der Waals surface area contributed by atoms with Crippen molar-refractivity contribution in [3.05, 3.63) is 10.8 Å². The van der Waals surface area contributed by atoms with Gasteiger partial charge in [0.25, 0.3) is 0 Å². The van der Waals surface area contributed by atoms with Crippen LogP contribution in [-0.4, -0.2) is 10.3 Å². The molecule has 74 valence electrons. The van der Waals surface area contributed by atoms with E-state index in [4.69, 9.17) is 21.3 Å². The van der Waals surface area contributed by atoms with Crippen molar-refractivity contribution in [1.29, 1.82) is 10.5 Å². The Morgan fingerprint density at radius 3 is 0.923 bits per heavy atom. The molecule has 0 N–H and O–H groups in total. The second-order valence-electron chi connectivity index (χ2n) is 0.365. The maximum atomic E-state index is 7.13. The summed E-state index contributed by atoms with van der Waals surface area (Å²) in [4.78, 5) is 0. The number of thiocarbonyl (C=S) groups is 2. The first-order valence-electron chi connectivity index (χ1n) is 1.71. The molecule has 0 heterocycles. The first-order valence-corrected chi connectivity index (χ1v) is 3.34. The van der Waals surface area contributed by atoms with E-state index < -0.39 is 0 Å². The van der Waals surface area contributed by atoms with Crippen molar-refractivity contribution < 1.29 is 20.4 Å². The molecule has 0 amide bonds. The summed E-state index contributed by atoms with van der Waals surface area (Å²) in [6.07, 6.45) is 0. The Morgan fingerprint density at radius 1 is 0.923 bits per heavy atom. The van der Waals surface area contributed by atoms with E-state index in [9.17, 15) is 0 Å². The van der Waals surface area contributed by atoms with Gasteiger partial charge in [-0.25, -0.2) is 10.5 Å². The zero-order valence-corrected chi connectivity index (χ0v) is 10.6. The van der Waals surface area contributed by atoms with Gasteiger partial charge in [-0.05, 0) is 0 Å². The Balaban J connectivity index is -0.0000000213. The van der Waals surface area contributed by atoms with E-state index in [1.807, 2.05) is 0 Å². The second kappa shape index (κ2) is 98.3. The predicted molar refractivity (Wildman–Crippen MR) is 57.9 cm³/mol. The molecule has 0 radical (unpaired) electrons. The largest absolute Gasteiger partial charge is 0.753 e.